The molecule has 0 aromatic carbocycles. The summed E-state index contributed by atoms with van der Waals surface area (Å²) in [7, 11) is 2.21. The van der Waals surface area contributed by atoms with Crippen LogP contribution in [0.1, 0.15) is 20.8 Å². The molecule has 0 spiro atoms. The highest BCUT2D eigenvalue weighted by Crippen LogP contribution is 2.12. The van der Waals surface area contributed by atoms with Gasteiger partial charge in [0.25, 0.3) is 0 Å². The van der Waals surface area contributed by atoms with Gasteiger partial charge in [0.05, 0.1) is 0 Å². The minimum absolute atomic E-state index is 0.294. The molecule has 1 aliphatic heterocycles. The Morgan fingerprint density at radius 3 is 2.15 bits per heavy atom. The van der Waals surface area contributed by atoms with Crippen LogP contribution >= 0.6 is 0 Å². The Labute approximate surface area is 81.9 Å². The molecule has 0 amide bonds. The summed E-state index contributed by atoms with van der Waals surface area (Å²) >= 11 is 0. The molecule has 1 rings (SSSR count). The van der Waals surface area contributed by atoms with E-state index >= 15 is 0 Å². The Morgan fingerprint density at radius 1 is 1.31 bits per heavy atom. The van der Waals surface area contributed by atoms with Crippen molar-refractivity contribution in [2.75, 3.05) is 26.7 Å². The highest BCUT2D eigenvalue weighted by atomic mass is 15.3. The van der Waals surface area contributed by atoms with Gasteiger partial charge in [0.15, 0.2) is 0 Å². The number of nitrogens with two attached hydrogens (primary N) is 1. The molecule has 1 fully saturated rings. The first-order chi connectivity index (χ1) is 6.00. The third kappa shape index (κ3) is 2.93. The van der Waals surface area contributed by atoms with Crippen LogP contribution in [-0.4, -0.2) is 54.6 Å². The van der Waals surface area contributed by atoms with Crippen LogP contribution in [0.3, 0.4) is 0 Å². The Morgan fingerprint density at radius 2 is 1.77 bits per heavy atom. The molecule has 3 atom stereocenters. The van der Waals surface area contributed by atoms with Crippen molar-refractivity contribution in [3.8, 4) is 0 Å². The molecule has 0 radical (unpaired) electrons. The number of hydrogen-bond donors (Lipinski definition) is 1. The van der Waals surface area contributed by atoms with Gasteiger partial charge in [0.1, 0.15) is 0 Å². The minimum Gasteiger partial charge on any atom is -0.327 e. The van der Waals surface area contributed by atoms with Crippen molar-refractivity contribution in [1.82, 2.24) is 9.80 Å². The van der Waals surface area contributed by atoms with Crippen LogP contribution in [0.2, 0.25) is 0 Å². The van der Waals surface area contributed by atoms with Crippen LogP contribution in [0.15, 0.2) is 0 Å². The number of likely N-dealkylation sites (N-methyl/N-ethyl adjacent to an activating group) is 1. The van der Waals surface area contributed by atoms with E-state index < -0.39 is 0 Å². The van der Waals surface area contributed by atoms with Crippen LogP contribution in [0.25, 0.3) is 0 Å². The zero-order valence-corrected chi connectivity index (χ0v) is 9.33. The molecule has 3 heteroatoms. The third-order valence-corrected chi connectivity index (χ3v) is 2.98. The smallest absolute Gasteiger partial charge is 0.0195 e. The summed E-state index contributed by atoms with van der Waals surface area (Å²) < 4.78 is 0. The lowest BCUT2D eigenvalue weighted by Gasteiger charge is -2.42. The molecule has 1 heterocycles. The monoisotopic (exact) mass is 185 g/mol. The number of hydrogen-bond acceptors (Lipinski definition) is 3. The van der Waals surface area contributed by atoms with Gasteiger partial charge in [-0.15, -0.1) is 0 Å². The molecule has 0 aromatic heterocycles. The Kier molecular flexibility index (Phi) is 3.71. The van der Waals surface area contributed by atoms with Crippen LogP contribution in [0.5, 0.6) is 0 Å². The number of nitrogens with zero attached hydrogens (tertiary/aromatic N) is 2. The zero-order valence-electron chi connectivity index (χ0n) is 9.33. The second kappa shape index (κ2) is 4.40. The summed E-state index contributed by atoms with van der Waals surface area (Å²) in [6.45, 7) is 9.98. The van der Waals surface area contributed by atoms with Gasteiger partial charge in [-0.25, -0.2) is 0 Å². The van der Waals surface area contributed by atoms with Crippen LogP contribution in [0.4, 0.5) is 0 Å². The van der Waals surface area contributed by atoms with Crippen molar-refractivity contribution in [2.24, 2.45) is 5.73 Å². The predicted molar refractivity (Wildman–Crippen MR) is 56.8 cm³/mol. The fraction of sp³-hybridized carbons (Fsp3) is 1.00. The van der Waals surface area contributed by atoms with E-state index in [0.29, 0.717) is 18.1 Å². The van der Waals surface area contributed by atoms with E-state index in [9.17, 15) is 0 Å². The molecule has 13 heavy (non-hydrogen) atoms. The van der Waals surface area contributed by atoms with E-state index in [4.69, 9.17) is 5.73 Å². The van der Waals surface area contributed by atoms with Crippen molar-refractivity contribution >= 4 is 0 Å². The minimum atomic E-state index is 0.294. The lowest BCUT2D eigenvalue weighted by atomic mass is 10.1. The molecule has 1 aliphatic rings. The lowest BCUT2D eigenvalue weighted by Crippen LogP contribution is -2.56. The predicted octanol–water partition coefficient (Wildman–Crippen LogP) is 0.358. The maximum Gasteiger partial charge on any atom is 0.0195 e. The van der Waals surface area contributed by atoms with Gasteiger partial charge in [-0.05, 0) is 27.8 Å². The highest BCUT2D eigenvalue weighted by molar-refractivity contribution is 4.83. The van der Waals surface area contributed by atoms with Crippen LogP contribution in [0, 0.1) is 0 Å². The third-order valence-electron chi connectivity index (χ3n) is 2.98. The second-order valence-electron chi connectivity index (χ2n) is 4.56. The normalized spacial score (nSPS) is 34.8. The first-order valence-electron chi connectivity index (χ1n) is 5.20. The Bertz CT molecular complexity index is 146. The average molecular weight is 185 g/mol. The highest BCUT2D eigenvalue weighted by Gasteiger charge is 2.26. The van der Waals surface area contributed by atoms with E-state index in [2.05, 4.69) is 37.6 Å². The molecule has 3 unspecified atom stereocenters. The van der Waals surface area contributed by atoms with Crippen LogP contribution in [-0.2, 0) is 0 Å². The molecule has 0 aliphatic carbocycles. The Balaban J connectivity index is 2.44. The van der Waals surface area contributed by atoms with E-state index in [1.54, 1.807) is 0 Å². The molecule has 2 N–H and O–H groups in total. The van der Waals surface area contributed by atoms with Gasteiger partial charge in [0.2, 0.25) is 0 Å². The molecule has 0 saturated carbocycles. The molecule has 0 aromatic rings. The maximum absolute atomic E-state index is 5.79. The molecule has 0 bridgehead atoms. The summed E-state index contributed by atoms with van der Waals surface area (Å²) in [6, 6.07) is 1.60. The van der Waals surface area contributed by atoms with E-state index in [1.165, 1.54) is 0 Å². The van der Waals surface area contributed by atoms with E-state index in [-0.39, 0.29) is 0 Å². The molecule has 1 saturated heterocycles. The average Bonchev–Trinajstić information content (AvgIpc) is 1.98. The van der Waals surface area contributed by atoms with Crippen LogP contribution < -0.4 is 5.73 Å². The van der Waals surface area contributed by atoms with Gasteiger partial charge in [-0.3, -0.25) is 9.80 Å². The zero-order chi connectivity index (χ0) is 10.0. The van der Waals surface area contributed by atoms with E-state index in [0.717, 1.165) is 19.6 Å². The van der Waals surface area contributed by atoms with E-state index in [1.807, 2.05) is 0 Å². The van der Waals surface area contributed by atoms with Crippen molar-refractivity contribution < 1.29 is 0 Å². The summed E-state index contributed by atoms with van der Waals surface area (Å²) in [4.78, 5) is 4.91. The molecule has 78 valence electrons. The Hall–Kier alpha value is -0.120. The molecule has 3 nitrogen and oxygen atoms in total. The van der Waals surface area contributed by atoms with Crippen molar-refractivity contribution in [1.29, 1.82) is 0 Å². The largest absolute Gasteiger partial charge is 0.327 e. The first-order valence-corrected chi connectivity index (χ1v) is 5.20. The summed E-state index contributed by atoms with van der Waals surface area (Å²) in [6.07, 6.45) is 0. The quantitative estimate of drug-likeness (QED) is 0.674. The fourth-order valence-corrected chi connectivity index (χ4v) is 2.07. The number of rotatable bonds is 2. The fourth-order valence-electron chi connectivity index (χ4n) is 2.07. The second-order valence-corrected chi connectivity index (χ2v) is 4.56. The standard InChI is InChI=1S/C10H23N3/c1-8(11)5-13-6-9(2)12(4)10(3)7-13/h8-10H,5-7,11H2,1-4H3. The van der Waals surface area contributed by atoms with Gasteiger partial charge in [-0.2, -0.15) is 0 Å². The summed E-state index contributed by atoms with van der Waals surface area (Å²) in [5, 5.41) is 0. The van der Waals surface area contributed by atoms with Crippen molar-refractivity contribution in [3.63, 3.8) is 0 Å². The topological polar surface area (TPSA) is 32.5 Å². The molecular formula is C10H23N3. The lowest BCUT2D eigenvalue weighted by molar-refractivity contribution is 0.0577. The van der Waals surface area contributed by atoms with Gasteiger partial charge in [-0.1, -0.05) is 0 Å². The van der Waals surface area contributed by atoms with Gasteiger partial charge in [0, 0.05) is 37.8 Å². The molecular weight excluding hydrogens is 162 g/mol. The summed E-state index contributed by atoms with van der Waals surface area (Å²) in [5.74, 6) is 0. The van der Waals surface area contributed by atoms with Gasteiger partial charge >= 0.3 is 0 Å². The summed E-state index contributed by atoms with van der Waals surface area (Å²) in [5.41, 5.74) is 5.79. The SMILES string of the molecule is CC(N)CN1CC(C)N(C)C(C)C1. The van der Waals surface area contributed by atoms with Gasteiger partial charge < -0.3 is 5.73 Å². The van der Waals surface area contributed by atoms with Crippen molar-refractivity contribution in [3.05, 3.63) is 0 Å². The first kappa shape index (κ1) is 11.0. The van der Waals surface area contributed by atoms with Crippen molar-refractivity contribution in [2.45, 2.75) is 38.9 Å². The number of piperazine rings is 1. The maximum atomic E-state index is 5.79.